The summed E-state index contributed by atoms with van der Waals surface area (Å²) in [5.41, 5.74) is 1.80. The standard InChI is InChI=1S/C15H16F2N4O4/c1-3-15(17)7(5-22)10(6(2)23)25-13(15)21-4-8(16)9-11(21)19-14(18)20-12(9)24/h1,4,6-7,10,13,22-23H,5H2,2H3,(H3,18,19,20,24)/t6-,7?,10+,13+,15?/m0/s1. The van der Waals surface area contributed by atoms with E-state index in [1.54, 1.807) is 0 Å². The number of H-pyrrole nitrogens is 1. The first kappa shape index (κ1) is 17.3. The predicted octanol–water partition coefficient (Wildman–Crippen LogP) is -0.326. The molecule has 5 atom stereocenters. The number of alkyl halides is 1. The Labute approximate surface area is 140 Å². The summed E-state index contributed by atoms with van der Waals surface area (Å²) in [5.74, 6) is -0.600. The Bertz CT molecular complexity index is 919. The van der Waals surface area contributed by atoms with Crippen LogP contribution in [0.5, 0.6) is 0 Å². The van der Waals surface area contributed by atoms with Crippen LogP contribution in [0, 0.1) is 24.1 Å². The lowest BCUT2D eigenvalue weighted by Crippen LogP contribution is -2.41. The SMILES string of the molecule is C#CC1(F)C(CO)[C@@H]([C@H](C)O)O[C@H]1n1cc(F)c2c(=O)[nH]c(N)nc21. The highest BCUT2D eigenvalue weighted by Crippen LogP contribution is 2.47. The Morgan fingerprint density at radius 2 is 2.36 bits per heavy atom. The van der Waals surface area contributed by atoms with Crippen LogP contribution in [0.1, 0.15) is 13.2 Å². The fraction of sp³-hybridized carbons (Fsp3) is 0.467. The third-order valence-corrected chi connectivity index (χ3v) is 4.38. The summed E-state index contributed by atoms with van der Waals surface area (Å²) < 4.78 is 36.1. The molecule has 0 radical (unpaired) electrons. The molecule has 134 valence electrons. The molecule has 3 rings (SSSR count). The number of ether oxygens (including phenoxy) is 1. The maximum atomic E-state index is 15.5. The Kier molecular flexibility index (Phi) is 4.03. The Balaban J connectivity index is 2.24. The minimum absolute atomic E-state index is 0.260. The fourth-order valence-electron chi connectivity index (χ4n) is 3.20. The molecule has 8 nitrogen and oxygen atoms in total. The number of nitrogens with one attached hydrogen (secondary N) is 1. The van der Waals surface area contributed by atoms with Gasteiger partial charge in [-0.1, -0.05) is 5.92 Å². The van der Waals surface area contributed by atoms with Crippen molar-refractivity contribution in [2.45, 2.75) is 31.0 Å². The maximum absolute atomic E-state index is 15.5. The van der Waals surface area contributed by atoms with Gasteiger partial charge in [0.25, 0.3) is 5.56 Å². The molecule has 1 fully saturated rings. The molecule has 0 aliphatic carbocycles. The van der Waals surface area contributed by atoms with E-state index in [1.165, 1.54) is 6.92 Å². The molecule has 2 unspecified atom stereocenters. The zero-order valence-electron chi connectivity index (χ0n) is 13.1. The van der Waals surface area contributed by atoms with Gasteiger partial charge in [-0.05, 0) is 6.92 Å². The molecule has 5 N–H and O–H groups in total. The maximum Gasteiger partial charge on any atom is 0.264 e. The second-order valence-electron chi connectivity index (χ2n) is 5.93. The van der Waals surface area contributed by atoms with Crippen molar-refractivity contribution in [3.63, 3.8) is 0 Å². The van der Waals surface area contributed by atoms with Crippen LogP contribution < -0.4 is 11.3 Å². The van der Waals surface area contributed by atoms with Gasteiger partial charge in [0.15, 0.2) is 17.7 Å². The lowest BCUT2D eigenvalue weighted by Gasteiger charge is -2.26. The summed E-state index contributed by atoms with van der Waals surface area (Å²) >= 11 is 0. The summed E-state index contributed by atoms with van der Waals surface area (Å²) in [5, 5.41) is 18.9. The van der Waals surface area contributed by atoms with Gasteiger partial charge in [0.05, 0.1) is 24.7 Å². The molecule has 0 saturated carbocycles. The lowest BCUT2D eigenvalue weighted by molar-refractivity contribution is -0.0730. The van der Waals surface area contributed by atoms with E-state index in [-0.39, 0.29) is 11.6 Å². The first-order chi connectivity index (χ1) is 11.7. The number of hydrogen-bond acceptors (Lipinski definition) is 6. The number of anilines is 1. The van der Waals surface area contributed by atoms with Gasteiger partial charge in [-0.25, -0.2) is 8.78 Å². The van der Waals surface area contributed by atoms with Crippen LogP contribution in [0.15, 0.2) is 11.0 Å². The quantitative estimate of drug-likeness (QED) is 0.560. The van der Waals surface area contributed by atoms with Crippen LogP contribution in [0.25, 0.3) is 11.0 Å². The molecule has 10 heteroatoms. The Morgan fingerprint density at radius 1 is 1.68 bits per heavy atom. The second-order valence-corrected chi connectivity index (χ2v) is 5.93. The minimum atomic E-state index is -2.58. The highest BCUT2D eigenvalue weighted by Gasteiger charge is 2.59. The van der Waals surface area contributed by atoms with Crippen LogP contribution in [0.2, 0.25) is 0 Å². The van der Waals surface area contributed by atoms with Gasteiger partial charge >= 0.3 is 0 Å². The summed E-state index contributed by atoms with van der Waals surface area (Å²) in [4.78, 5) is 17.9. The van der Waals surface area contributed by atoms with Gasteiger partial charge < -0.3 is 20.7 Å². The molecule has 0 spiro atoms. The zero-order chi connectivity index (χ0) is 18.5. The summed E-state index contributed by atoms with van der Waals surface area (Å²) in [6.07, 6.45) is 2.23. The van der Waals surface area contributed by atoms with Gasteiger partial charge in [0.1, 0.15) is 5.39 Å². The monoisotopic (exact) mass is 354 g/mol. The van der Waals surface area contributed by atoms with E-state index in [4.69, 9.17) is 16.9 Å². The number of aliphatic hydroxyl groups is 2. The summed E-state index contributed by atoms with van der Waals surface area (Å²) in [6.45, 7) is 0.645. The van der Waals surface area contributed by atoms with E-state index in [2.05, 4.69) is 9.97 Å². The molecule has 0 bridgehead atoms. The van der Waals surface area contributed by atoms with Crippen LogP contribution in [-0.2, 0) is 4.74 Å². The fourth-order valence-corrected chi connectivity index (χ4v) is 3.20. The Morgan fingerprint density at radius 3 is 2.92 bits per heavy atom. The molecule has 25 heavy (non-hydrogen) atoms. The number of terminal acetylenes is 1. The van der Waals surface area contributed by atoms with Crippen LogP contribution in [0.3, 0.4) is 0 Å². The number of halogens is 2. The molecule has 2 aromatic rings. The summed E-state index contributed by atoms with van der Waals surface area (Å²) in [7, 11) is 0. The van der Waals surface area contributed by atoms with Crippen molar-refractivity contribution in [3.05, 3.63) is 22.4 Å². The van der Waals surface area contributed by atoms with Crippen molar-refractivity contribution in [2.75, 3.05) is 12.3 Å². The molecule has 1 aliphatic heterocycles. The molecular weight excluding hydrogens is 338 g/mol. The van der Waals surface area contributed by atoms with Crippen molar-refractivity contribution in [2.24, 2.45) is 5.92 Å². The largest absolute Gasteiger partial charge is 0.396 e. The zero-order valence-corrected chi connectivity index (χ0v) is 13.1. The number of fused-ring (bicyclic) bond motifs is 1. The molecule has 2 aromatic heterocycles. The van der Waals surface area contributed by atoms with Crippen LogP contribution >= 0.6 is 0 Å². The van der Waals surface area contributed by atoms with E-state index in [1.807, 2.05) is 5.92 Å². The van der Waals surface area contributed by atoms with E-state index < -0.39 is 53.4 Å². The number of hydrogen-bond donors (Lipinski definition) is 4. The molecule has 1 aliphatic rings. The third kappa shape index (κ3) is 2.39. The number of nitrogen functional groups attached to an aromatic ring is 1. The van der Waals surface area contributed by atoms with Gasteiger partial charge in [-0.15, -0.1) is 6.42 Å². The van der Waals surface area contributed by atoms with Crippen molar-refractivity contribution in [3.8, 4) is 12.3 Å². The number of nitrogens with two attached hydrogens (primary N) is 1. The van der Waals surface area contributed by atoms with Gasteiger partial charge in [0, 0.05) is 6.20 Å². The van der Waals surface area contributed by atoms with Gasteiger partial charge in [-0.3, -0.25) is 14.3 Å². The average Bonchev–Trinajstić information content (AvgIpc) is 3.02. The van der Waals surface area contributed by atoms with Crippen LogP contribution in [0.4, 0.5) is 14.7 Å². The highest BCUT2D eigenvalue weighted by atomic mass is 19.1. The van der Waals surface area contributed by atoms with E-state index in [9.17, 15) is 19.4 Å². The lowest BCUT2D eigenvalue weighted by atomic mass is 9.85. The molecule has 1 saturated heterocycles. The number of aliphatic hydroxyl groups excluding tert-OH is 2. The molecular formula is C15H16F2N4O4. The smallest absolute Gasteiger partial charge is 0.264 e. The topological polar surface area (TPSA) is 126 Å². The Hall–Kier alpha value is -2.48. The van der Waals surface area contributed by atoms with Crippen molar-refractivity contribution >= 4 is 17.0 Å². The number of aromatic amines is 1. The van der Waals surface area contributed by atoms with E-state index in [0.717, 1.165) is 10.8 Å². The average molecular weight is 354 g/mol. The molecule has 0 aromatic carbocycles. The molecule has 3 heterocycles. The first-order valence-corrected chi connectivity index (χ1v) is 7.41. The number of nitrogens with zero attached hydrogens (tertiary/aromatic N) is 2. The summed E-state index contributed by atoms with van der Waals surface area (Å²) in [6, 6.07) is 0. The van der Waals surface area contributed by atoms with E-state index in [0.29, 0.717) is 0 Å². The first-order valence-electron chi connectivity index (χ1n) is 7.41. The highest BCUT2D eigenvalue weighted by molar-refractivity contribution is 5.77. The van der Waals surface area contributed by atoms with E-state index >= 15 is 4.39 Å². The molecule has 0 amide bonds. The van der Waals surface area contributed by atoms with Crippen molar-refractivity contribution in [1.29, 1.82) is 0 Å². The van der Waals surface area contributed by atoms with Crippen molar-refractivity contribution in [1.82, 2.24) is 14.5 Å². The third-order valence-electron chi connectivity index (χ3n) is 4.38. The number of aromatic nitrogens is 3. The predicted molar refractivity (Wildman–Crippen MR) is 83.6 cm³/mol. The van der Waals surface area contributed by atoms with Crippen molar-refractivity contribution < 1.29 is 23.7 Å². The second kappa shape index (κ2) is 5.80. The minimum Gasteiger partial charge on any atom is -0.396 e. The van der Waals surface area contributed by atoms with Gasteiger partial charge in [0.2, 0.25) is 11.6 Å². The van der Waals surface area contributed by atoms with Crippen LogP contribution in [-0.4, -0.2) is 49.2 Å². The van der Waals surface area contributed by atoms with Gasteiger partial charge in [-0.2, -0.15) is 4.98 Å². The normalized spacial score (nSPS) is 30.5. The number of rotatable bonds is 3.